The van der Waals surface area contributed by atoms with Crippen LogP contribution in [-0.2, 0) is 11.2 Å². The molecule has 3 aromatic rings. The van der Waals surface area contributed by atoms with Crippen molar-refractivity contribution in [2.24, 2.45) is 0 Å². The third-order valence-electron chi connectivity index (χ3n) is 4.99. The van der Waals surface area contributed by atoms with Crippen LogP contribution in [0.3, 0.4) is 0 Å². The van der Waals surface area contributed by atoms with Crippen molar-refractivity contribution in [2.75, 3.05) is 18.5 Å². The standard InChI is InChI=1S/C24H17Cl2F2NO6/c25-13-1-5-18-20(9-13)34-11-15(35-18)10-33-19-6-3-16(23(28)22(19)26)24(32)29-14-2-4-17(27)12(7-14)8-21(30)31/h1-7,9,15H,8,10-11H2,(H,29,32)(H,30,31)/t15-/m0/s1. The summed E-state index contributed by atoms with van der Waals surface area (Å²) >= 11 is 12.0. The van der Waals surface area contributed by atoms with E-state index in [0.29, 0.717) is 16.5 Å². The molecule has 1 amide bonds. The Morgan fingerprint density at radius 3 is 2.66 bits per heavy atom. The maximum atomic E-state index is 14.9. The molecule has 1 aliphatic rings. The van der Waals surface area contributed by atoms with Gasteiger partial charge in [-0.15, -0.1) is 0 Å². The predicted octanol–water partition coefficient (Wildman–Crippen LogP) is 5.37. The van der Waals surface area contributed by atoms with E-state index in [1.54, 1.807) is 18.2 Å². The fourth-order valence-electron chi connectivity index (χ4n) is 3.32. The number of ether oxygens (including phenoxy) is 3. The van der Waals surface area contributed by atoms with Crippen LogP contribution in [0.5, 0.6) is 17.2 Å². The minimum atomic E-state index is -1.24. The van der Waals surface area contributed by atoms with E-state index in [9.17, 15) is 18.4 Å². The van der Waals surface area contributed by atoms with Crippen LogP contribution in [0, 0.1) is 11.6 Å². The SMILES string of the molecule is O=C(O)Cc1cc(NC(=O)c2ccc(OC[C@H]3COc4cc(Cl)ccc4O3)c(Cl)c2F)ccc1F. The Labute approximate surface area is 208 Å². The van der Waals surface area contributed by atoms with E-state index in [-0.39, 0.29) is 35.8 Å². The molecule has 0 aliphatic carbocycles. The van der Waals surface area contributed by atoms with Crippen molar-refractivity contribution in [2.45, 2.75) is 12.5 Å². The predicted molar refractivity (Wildman–Crippen MR) is 124 cm³/mol. The fourth-order valence-corrected chi connectivity index (χ4v) is 3.70. The Morgan fingerprint density at radius 2 is 1.89 bits per heavy atom. The molecule has 4 rings (SSSR count). The second-order valence-corrected chi connectivity index (χ2v) is 8.34. The topological polar surface area (TPSA) is 94.1 Å². The molecule has 11 heteroatoms. The second kappa shape index (κ2) is 10.4. The van der Waals surface area contributed by atoms with Crippen LogP contribution in [0.2, 0.25) is 10.0 Å². The van der Waals surface area contributed by atoms with Crippen LogP contribution in [0.1, 0.15) is 15.9 Å². The summed E-state index contributed by atoms with van der Waals surface area (Å²) in [6.07, 6.45) is -1.07. The number of fused-ring (bicyclic) bond motifs is 1. The third-order valence-corrected chi connectivity index (χ3v) is 5.57. The fraction of sp³-hybridized carbons (Fsp3) is 0.167. The highest BCUT2D eigenvalue weighted by molar-refractivity contribution is 6.32. The van der Waals surface area contributed by atoms with Crippen molar-refractivity contribution < 1.29 is 37.7 Å². The van der Waals surface area contributed by atoms with Gasteiger partial charge in [-0.05, 0) is 42.5 Å². The molecule has 0 bridgehead atoms. The summed E-state index contributed by atoms with van der Waals surface area (Å²) < 4.78 is 45.6. The van der Waals surface area contributed by atoms with Gasteiger partial charge in [0.15, 0.2) is 23.4 Å². The Balaban J connectivity index is 1.42. The molecule has 182 valence electrons. The van der Waals surface area contributed by atoms with Gasteiger partial charge in [-0.2, -0.15) is 0 Å². The van der Waals surface area contributed by atoms with Crippen LogP contribution < -0.4 is 19.5 Å². The summed E-state index contributed by atoms with van der Waals surface area (Å²) in [5.41, 5.74) is -0.411. The Morgan fingerprint density at radius 1 is 1.09 bits per heavy atom. The molecule has 1 atom stereocenters. The first-order valence-corrected chi connectivity index (χ1v) is 11.0. The zero-order chi connectivity index (χ0) is 25.1. The van der Waals surface area contributed by atoms with Crippen molar-refractivity contribution in [1.82, 2.24) is 0 Å². The van der Waals surface area contributed by atoms with Crippen molar-refractivity contribution in [1.29, 1.82) is 0 Å². The van der Waals surface area contributed by atoms with E-state index in [2.05, 4.69) is 5.32 Å². The number of carbonyl (C=O) groups is 2. The number of rotatable bonds is 7. The van der Waals surface area contributed by atoms with E-state index in [0.717, 1.165) is 12.1 Å². The molecule has 0 fully saturated rings. The molecule has 0 saturated heterocycles. The molecular weight excluding hydrogens is 507 g/mol. The number of anilines is 1. The number of halogens is 4. The first-order valence-electron chi connectivity index (χ1n) is 10.2. The van der Waals surface area contributed by atoms with Gasteiger partial charge in [-0.25, -0.2) is 8.78 Å². The van der Waals surface area contributed by atoms with Crippen LogP contribution in [0.15, 0.2) is 48.5 Å². The summed E-state index contributed by atoms with van der Waals surface area (Å²) in [5.74, 6) is -2.86. The number of carbonyl (C=O) groups excluding carboxylic acids is 1. The molecule has 2 N–H and O–H groups in total. The number of carboxylic acid groups (broad SMARTS) is 1. The quantitative estimate of drug-likeness (QED) is 0.432. The van der Waals surface area contributed by atoms with Gasteiger partial charge in [0.05, 0.1) is 12.0 Å². The van der Waals surface area contributed by atoms with Crippen molar-refractivity contribution >= 4 is 40.8 Å². The number of hydrogen-bond donors (Lipinski definition) is 2. The Kier molecular flexibility index (Phi) is 7.28. The van der Waals surface area contributed by atoms with Crippen molar-refractivity contribution in [3.8, 4) is 17.2 Å². The van der Waals surface area contributed by atoms with E-state index >= 15 is 0 Å². The largest absolute Gasteiger partial charge is 0.488 e. The highest BCUT2D eigenvalue weighted by atomic mass is 35.5. The molecule has 0 unspecified atom stereocenters. The van der Waals surface area contributed by atoms with Gasteiger partial charge in [-0.3, -0.25) is 9.59 Å². The van der Waals surface area contributed by atoms with E-state index < -0.39 is 41.1 Å². The van der Waals surface area contributed by atoms with Crippen molar-refractivity contribution in [3.63, 3.8) is 0 Å². The maximum absolute atomic E-state index is 14.9. The summed E-state index contributed by atoms with van der Waals surface area (Å²) in [7, 11) is 0. The molecule has 0 saturated carbocycles. The first-order chi connectivity index (χ1) is 16.7. The zero-order valence-corrected chi connectivity index (χ0v) is 19.3. The lowest BCUT2D eigenvalue weighted by atomic mass is 10.1. The molecule has 0 spiro atoms. The lowest BCUT2D eigenvalue weighted by molar-refractivity contribution is -0.136. The smallest absolute Gasteiger partial charge is 0.307 e. The number of aliphatic carboxylic acids is 1. The van der Waals surface area contributed by atoms with Gasteiger partial charge < -0.3 is 24.6 Å². The molecular formula is C24H17Cl2F2NO6. The third kappa shape index (κ3) is 5.75. The van der Waals surface area contributed by atoms with Crippen LogP contribution in [0.25, 0.3) is 0 Å². The minimum absolute atomic E-state index is 0.00301. The number of carboxylic acids is 1. The number of benzene rings is 3. The Hall–Kier alpha value is -3.56. The number of nitrogens with one attached hydrogen (secondary N) is 1. The highest BCUT2D eigenvalue weighted by Gasteiger charge is 2.24. The normalized spacial score (nSPS) is 14.3. The molecule has 3 aromatic carbocycles. The van der Waals surface area contributed by atoms with Crippen LogP contribution >= 0.6 is 23.2 Å². The van der Waals surface area contributed by atoms with Crippen LogP contribution in [-0.4, -0.2) is 36.3 Å². The minimum Gasteiger partial charge on any atom is -0.488 e. The summed E-state index contributed by atoms with van der Waals surface area (Å²) in [6.45, 7) is 0.171. The molecule has 1 aliphatic heterocycles. The van der Waals surface area contributed by atoms with Gasteiger partial charge in [0.2, 0.25) is 0 Å². The number of hydrogen-bond acceptors (Lipinski definition) is 5. The monoisotopic (exact) mass is 523 g/mol. The van der Waals surface area contributed by atoms with Gasteiger partial charge in [-0.1, -0.05) is 23.2 Å². The average Bonchev–Trinajstić information content (AvgIpc) is 2.81. The Bertz CT molecular complexity index is 1300. The summed E-state index contributed by atoms with van der Waals surface area (Å²) in [5, 5.41) is 11.4. The average molecular weight is 524 g/mol. The molecule has 7 nitrogen and oxygen atoms in total. The lowest BCUT2D eigenvalue weighted by Crippen LogP contribution is -2.34. The molecule has 0 aromatic heterocycles. The number of amides is 1. The van der Waals surface area contributed by atoms with Gasteiger partial charge in [0, 0.05) is 22.3 Å². The molecule has 0 radical (unpaired) electrons. The summed E-state index contributed by atoms with van der Waals surface area (Å²) in [4.78, 5) is 23.4. The zero-order valence-electron chi connectivity index (χ0n) is 17.8. The molecule has 35 heavy (non-hydrogen) atoms. The van der Waals surface area contributed by atoms with Gasteiger partial charge in [0.1, 0.15) is 29.8 Å². The van der Waals surface area contributed by atoms with E-state index in [1.165, 1.54) is 18.2 Å². The first kappa shape index (κ1) is 24.6. The van der Waals surface area contributed by atoms with Gasteiger partial charge >= 0.3 is 5.97 Å². The summed E-state index contributed by atoms with van der Waals surface area (Å²) in [6, 6.07) is 10.9. The van der Waals surface area contributed by atoms with E-state index in [4.69, 9.17) is 42.5 Å². The lowest BCUT2D eigenvalue weighted by Gasteiger charge is -2.26. The molecule has 1 heterocycles. The maximum Gasteiger partial charge on any atom is 0.307 e. The van der Waals surface area contributed by atoms with Gasteiger partial charge in [0.25, 0.3) is 5.91 Å². The second-order valence-electron chi connectivity index (χ2n) is 7.52. The van der Waals surface area contributed by atoms with Crippen molar-refractivity contribution in [3.05, 3.63) is 81.3 Å². The highest BCUT2D eigenvalue weighted by Crippen LogP contribution is 2.35. The van der Waals surface area contributed by atoms with Crippen LogP contribution in [0.4, 0.5) is 14.5 Å². The van der Waals surface area contributed by atoms with E-state index in [1.807, 2.05) is 0 Å².